The van der Waals surface area contributed by atoms with Crippen LogP contribution in [0.1, 0.15) is 75.1 Å². The monoisotopic (exact) mass is 734 g/mol. The van der Waals surface area contributed by atoms with E-state index < -0.39 is 15.8 Å². The zero-order valence-electron chi connectivity index (χ0n) is 32.3. The van der Waals surface area contributed by atoms with Gasteiger partial charge in [-0.3, -0.25) is 0 Å². The van der Waals surface area contributed by atoms with Crippen molar-refractivity contribution in [2.75, 3.05) is 0 Å². The van der Waals surface area contributed by atoms with Crippen molar-refractivity contribution in [1.29, 1.82) is 0 Å². The molecule has 0 spiro atoms. The van der Waals surface area contributed by atoms with Crippen molar-refractivity contribution in [3.63, 3.8) is 0 Å². The minimum atomic E-state index is -0.557. The van der Waals surface area contributed by atoms with Gasteiger partial charge in [0, 0.05) is 11.3 Å². The molecule has 0 aromatic heterocycles. The maximum atomic E-state index is 2.65. The molecule has 0 amide bonds. The van der Waals surface area contributed by atoms with Crippen molar-refractivity contribution in [2.45, 2.75) is 75.5 Å². The van der Waals surface area contributed by atoms with E-state index in [1.165, 1.54) is 76.5 Å². The standard InChI is InChI=1S/C52H48P2/c1-51(2,3)53-31-39-25-23-33-15-11-13-21-41(33)47(39)43-27-35-17-7-9-19-37(35)29-45(43)49(53)50-46-30-38-20-10-8-18-36(38)28-44(46)48-40(32-54(50)52(4,5)6)26-24-34-16-12-14-22-42(34)48/h7-30,49-50H,31-32H2,1-6H3/t49-,50-,53+,54+/m1/s1. The van der Waals surface area contributed by atoms with Crippen LogP contribution in [0.5, 0.6) is 0 Å². The summed E-state index contributed by atoms with van der Waals surface area (Å²) >= 11 is 0. The highest BCUT2D eigenvalue weighted by Crippen LogP contribution is 2.79. The summed E-state index contributed by atoms with van der Waals surface area (Å²) in [5.74, 6) is 0. The second-order valence-electron chi connectivity index (χ2n) is 17.7. The summed E-state index contributed by atoms with van der Waals surface area (Å²) in [4.78, 5) is 0. The van der Waals surface area contributed by atoms with Crippen molar-refractivity contribution in [2.24, 2.45) is 0 Å². The molecular weight excluding hydrogens is 687 g/mol. The Morgan fingerprint density at radius 1 is 0.389 bits per heavy atom. The molecule has 2 aliphatic heterocycles. The van der Waals surface area contributed by atoms with Gasteiger partial charge in [0.15, 0.2) is 0 Å². The molecule has 54 heavy (non-hydrogen) atoms. The number of hydrogen-bond acceptors (Lipinski definition) is 0. The van der Waals surface area contributed by atoms with E-state index in [-0.39, 0.29) is 10.3 Å². The SMILES string of the molecule is CC(C)(C)[P@@]1Cc2ccc3ccccc3c2-c2cc3ccccc3cc2[C@@H]1[C@H]1c2cc3ccccc3cc2-c2c(ccc3ccccc23)C[P@]1C(C)(C)C. The van der Waals surface area contributed by atoms with Crippen molar-refractivity contribution in [1.82, 2.24) is 0 Å². The second kappa shape index (κ2) is 12.6. The molecular formula is C52H48P2. The van der Waals surface area contributed by atoms with Gasteiger partial charge in [-0.05, 0) is 134 Å². The summed E-state index contributed by atoms with van der Waals surface area (Å²) < 4.78 is 0. The Bertz CT molecular complexity index is 2580. The molecule has 0 nitrogen and oxygen atoms in total. The van der Waals surface area contributed by atoms with Crippen LogP contribution < -0.4 is 0 Å². The van der Waals surface area contributed by atoms with Crippen molar-refractivity contribution < 1.29 is 0 Å². The molecule has 0 saturated carbocycles. The smallest absolute Gasteiger partial charge is 0.0165 e. The molecule has 0 saturated heterocycles. The Kier molecular flexibility index (Phi) is 7.97. The predicted molar refractivity (Wildman–Crippen MR) is 240 cm³/mol. The van der Waals surface area contributed by atoms with E-state index in [4.69, 9.17) is 0 Å². The van der Waals surface area contributed by atoms with Crippen LogP contribution >= 0.6 is 15.8 Å². The average Bonchev–Trinajstić information content (AvgIpc) is 3.40. The molecule has 0 radical (unpaired) electrons. The Hall–Kier alpha value is -4.34. The topological polar surface area (TPSA) is 0 Å². The van der Waals surface area contributed by atoms with E-state index in [1.54, 1.807) is 11.1 Å². The lowest BCUT2D eigenvalue weighted by molar-refractivity contribution is 0.723. The number of rotatable bonds is 1. The second-order valence-corrected chi connectivity index (χ2v) is 24.0. The molecule has 2 heterocycles. The third kappa shape index (κ3) is 5.48. The quantitative estimate of drug-likeness (QED) is 0.147. The van der Waals surface area contributed by atoms with Crippen molar-refractivity contribution >= 4 is 58.9 Å². The van der Waals surface area contributed by atoms with Crippen molar-refractivity contribution in [3.05, 3.63) is 168 Å². The summed E-state index contributed by atoms with van der Waals surface area (Å²) in [5, 5.41) is 11.1. The molecule has 4 atom stereocenters. The van der Waals surface area contributed by atoms with Crippen LogP contribution in [0.4, 0.5) is 0 Å². The lowest BCUT2D eigenvalue weighted by atomic mass is 9.85. The summed E-state index contributed by atoms with van der Waals surface area (Å²) in [6, 6.07) is 56.7. The van der Waals surface area contributed by atoms with Gasteiger partial charge in [0.1, 0.15) is 0 Å². The van der Waals surface area contributed by atoms with Crippen LogP contribution in [0.15, 0.2) is 146 Å². The predicted octanol–water partition coefficient (Wildman–Crippen LogP) is 16.0. The van der Waals surface area contributed by atoms with E-state index in [0.29, 0.717) is 11.3 Å². The van der Waals surface area contributed by atoms with Crippen LogP contribution in [-0.4, -0.2) is 10.3 Å². The molecule has 266 valence electrons. The first-order chi connectivity index (χ1) is 26.0. The highest BCUT2D eigenvalue weighted by Gasteiger charge is 2.48. The maximum Gasteiger partial charge on any atom is 0.0165 e. The molecule has 2 heteroatoms. The fourth-order valence-electron chi connectivity index (χ4n) is 9.86. The molecule has 8 aromatic rings. The third-order valence-corrected chi connectivity index (χ3v) is 20.0. The molecule has 10 rings (SSSR count). The van der Waals surface area contributed by atoms with Crippen molar-refractivity contribution in [3.8, 4) is 22.3 Å². The van der Waals surface area contributed by atoms with Crippen LogP contribution in [0.25, 0.3) is 65.3 Å². The third-order valence-electron chi connectivity index (χ3n) is 12.4. The zero-order chi connectivity index (χ0) is 36.9. The number of benzene rings is 8. The van der Waals surface area contributed by atoms with E-state index in [0.717, 1.165) is 12.3 Å². The minimum absolute atomic E-state index is 0.123. The summed E-state index contributed by atoms with van der Waals surface area (Å²) in [5.41, 5.74) is 12.8. The highest BCUT2D eigenvalue weighted by molar-refractivity contribution is 7.63. The van der Waals surface area contributed by atoms with Gasteiger partial charge in [0.2, 0.25) is 0 Å². The van der Waals surface area contributed by atoms with E-state index in [2.05, 4.69) is 187 Å². The van der Waals surface area contributed by atoms with E-state index >= 15 is 0 Å². The van der Waals surface area contributed by atoms with Crippen LogP contribution in [-0.2, 0) is 12.3 Å². The lowest BCUT2D eigenvalue weighted by Gasteiger charge is -2.48. The van der Waals surface area contributed by atoms with Gasteiger partial charge in [-0.1, -0.05) is 179 Å². The first-order valence-electron chi connectivity index (χ1n) is 19.7. The first-order valence-corrected chi connectivity index (χ1v) is 22.8. The molecule has 0 aliphatic carbocycles. The van der Waals surface area contributed by atoms with Gasteiger partial charge < -0.3 is 0 Å². The summed E-state index contributed by atoms with van der Waals surface area (Å²) in [6.45, 7) is 15.3. The van der Waals surface area contributed by atoms with Crippen LogP contribution in [0, 0.1) is 0 Å². The highest BCUT2D eigenvalue weighted by atomic mass is 31.1. The largest absolute Gasteiger partial charge is 0.0880 e. The maximum absolute atomic E-state index is 2.65. The van der Waals surface area contributed by atoms with Gasteiger partial charge in [-0.25, -0.2) is 0 Å². The normalized spacial score (nSPS) is 19.9. The zero-order valence-corrected chi connectivity index (χ0v) is 34.1. The fraction of sp³-hybridized carbons (Fsp3) is 0.231. The van der Waals surface area contributed by atoms with Gasteiger partial charge in [0.25, 0.3) is 0 Å². The Morgan fingerprint density at radius 2 is 0.722 bits per heavy atom. The Morgan fingerprint density at radius 3 is 1.09 bits per heavy atom. The van der Waals surface area contributed by atoms with E-state index in [9.17, 15) is 0 Å². The van der Waals surface area contributed by atoms with E-state index in [1.807, 2.05) is 0 Å². The number of fused-ring (bicyclic) bond motifs is 12. The van der Waals surface area contributed by atoms with Gasteiger partial charge in [-0.2, -0.15) is 0 Å². The van der Waals surface area contributed by atoms with Gasteiger partial charge >= 0.3 is 0 Å². The van der Waals surface area contributed by atoms with Gasteiger partial charge in [-0.15, -0.1) is 0 Å². The van der Waals surface area contributed by atoms with Crippen LogP contribution in [0.3, 0.4) is 0 Å². The lowest BCUT2D eigenvalue weighted by Crippen LogP contribution is -2.25. The Labute approximate surface area is 323 Å². The summed E-state index contributed by atoms with van der Waals surface area (Å²) in [6.07, 6.45) is 2.24. The molecule has 0 unspecified atom stereocenters. The minimum Gasteiger partial charge on any atom is -0.0880 e. The Balaban J connectivity index is 1.37. The summed E-state index contributed by atoms with van der Waals surface area (Å²) in [7, 11) is -1.11. The number of hydrogen-bond donors (Lipinski definition) is 0. The first kappa shape index (κ1) is 34.2. The molecule has 0 fully saturated rings. The van der Waals surface area contributed by atoms with Gasteiger partial charge in [0.05, 0.1) is 0 Å². The van der Waals surface area contributed by atoms with Crippen LogP contribution in [0.2, 0.25) is 0 Å². The molecule has 8 aromatic carbocycles. The average molecular weight is 735 g/mol. The molecule has 0 bridgehead atoms. The molecule has 0 N–H and O–H groups in total. The molecule has 2 aliphatic rings. The fourth-order valence-corrected chi connectivity index (χ4v) is 17.2.